The Morgan fingerprint density at radius 2 is 2.11 bits per heavy atom. The Hall–Kier alpha value is -2.96. The van der Waals surface area contributed by atoms with Crippen LogP contribution in [0, 0.1) is 0 Å². The average molecular weight is 379 g/mol. The zero-order valence-electron chi connectivity index (χ0n) is 16.1. The Balaban J connectivity index is 1.59. The van der Waals surface area contributed by atoms with Gasteiger partial charge in [-0.3, -0.25) is 18.8 Å². The van der Waals surface area contributed by atoms with Crippen molar-refractivity contribution >= 4 is 16.8 Å². The van der Waals surface area contributed by atoms with Gasteiger partial charge >= 0.3 is 0 Å². The maximum atomic E-state index is 12.9. The van der Waals surface area contributed by atoms with E-state index in [1.54, 1.807) is 29.1 Å². The van der Waals surface area contributed by atoms with E-state index in [4.69, 9.17) is 4.98 Å². The monoisotopic (exact) mass is 379 g/mol. The highest BCUT2D eigenvalue weighted by molar-refractivity contribution is 5.97. The van der Waals surface area contributed by atoms with Crippen LogP contribution >= 0.6 is 0 Å². The van der Waals surface area contributed by atoms with Crippen molar-refractivity contribution in [1.29, 1.82) is 0 Å². The van der Waals surface area contributed by atoms with Crippen LogP contribution in [0.3, 0.4) is 0 Å². The molecule has 3 heterocycles. The first kappa shape index (κ1) is 18.4. The number of fused-ring (bicyclic) bond motifs is 2. The van der Waals surface area contributed by atoms with Crippen molar-refractivity contribution in [2.24, 2.45) is 0 Å². The second kappa shape index (κ2) is 7.96. The lowest BCUT2D eigenvalue weighted by molar-refractivity contribution is 0.0936. The Labute approximate surface area is 163 Å². The SMILES string of the molecule is CC(Cn1cccn1)NC(=O)c1ccc2c(=O)n3c(nc2c1)CCCCCC3. The fraction of sp³-hybridized carbons (Fsp3) is 0.429. The molecule has 2 aromatic heterocycles. The summed E-state index contributed by atoms with van der Waals surface area (Å²) < 4.78 is 3.60. The van der Waals surface area contributed by atoms with Crippen LogP contribution < -0.4 is 10.9 Å². The van der Waals surface area contributed by atoms with Crippen LogP contribution in [0.1, 0.15) is 48.8 Å². The molecule has 0 spiro atoms. The van der Waals surface area contributed by atoms with Gasteiger partial charge in [0, 0.05) is 37.0 Å². The molecule has 28 heavy (non-hydrogen) atoms. The van der Waals surface area contributed by atoms with E-state index >= 15 is 0 Å². The zero-order chi connectivity index (χ0) is 19.5. The van der Waals surface area contributed by atoms with Crippen LogP contribution in [0.5, 0.6) is 0 Å². The van der Waals surface area contributed by atoms with Gasteiger partial charge in [0.05, 0.1) is 17.4 Å². The van der Waals surface area contributed by atoms with E-state index in [1.807, 2.05) is 23.8 Å². The Morgan fingerprint density at radius 1 is 1.25 bits per heavy atom. The van der Waals surface area contributed by atoms with Gasteiger partial charge in [-0.1, -0.05) is 12.8 Å². The highest BCUT2D eigenvalue weighted by Crippen LogP contribution is 2.16. The van der Waals surface area contributed by atoms with Crippen molar-refractivity contribution in [3.63, 3.8) is 0 Å². The Morgan fingerprint density at radius 3 is 2.93 bits per heavy atom. The van der Waals surface area contributed by atoms with Gasteiger partial charge in [0.15, 0.2) is 0 Å². The molecule has 0 bridgehead atoms. The van der Waals surface area contributed by atoms with Crippen LogP contribution in [-0.4, -0.2) is 31.3 Å². The van der Waals surface area contributed by atoms with Crippen LogP contribution in [0.25, 0.3) is 10.9 Å². The second-order valence-corrected chi connectivity index (χ2v) is 7.48. The smallest absolute Gasteiger partial charge is 0.261 e. The van der Waals surface area contributed by atoms with E-state index in [2.05, 4.69) is 10.4 Å². The van der Waals surface area contributed by atoms with E-state index < -0.39 is 0 Å². The number of benzene rings is 1. The molecular formula is C21H25N5O2. The van der Waals surface area contributed by atoms with E-state index in [-0.39, 0.29) is 17.5 Å². The third kappa shape index (κ3) is 3.83. The predicted octanol–water partition coefficient (Wildman–Crippen LogP) is 2.53. The van der Waals surface area contributed by atoms with E-state index in [1.165, 1.54) is 6.42 Å². The van der Waals surface area contributed by atoms with Gasteiger partial charge in [-0.25, -0.2) is 4.98 Å². The minimum atomic E-state index is -0.171. The molecule has 1 unspecified atom stereocenters. The number of amides is 1. The van der Waals surface area contributed by atoms with Crippen LogP contribution in [-0.2, 0) is 19.5 Å². The van der Waals surface area contributed by atoms with Crippen molar-refractivity contribution in [2.45, 2.75) is 58.2 Å². The van der Waals surface area contributed by atoms with Crippen molar-refractivity contribution in [1.82, 2.24) is 24.6 Å². The maximum absolute atomic E-state index is 12.9. The summed E-state index contributed by atoms with van der Waals surface area (Å²) in [7, 11) is 0. The standard InChI is InChI=1S/C21H25N5O2/c1-15(14-25-11-6-10-22-25)23-20(27)16-8-9-17-18(13-16)24-19-7-4-2-3-5-12-26(19)21(17)28/h6,8-11,13,15H,2-5,7,12,14H2,1H3,(H,23,27). The minimum Gasteiger partial charge on any atom is -0.348 e. The van der Waals surface area contributed by atoms with Gasteiger partial charge in [0.1, 0.15) is 5.82 Å². The van der Waals surface area contributed by atoms with E-state index in [0.717, 1.165) is 38.1 Å². The number of nitrogens with one attached hydrogen (secondary N) is 1. The molecule has 1 N–H and O–H groups in total. The largest absolute Gasteiger partial charge is 0.348 e. The van der Waals surface area contributed by atoms with Crippen LogP contribution in [0.15, 0.2) is 41.5 Å². The van der Waals surface area contributed by atoms with Gasteiger partial charge < -0.3 is 5.32 Å². The number of carbonyl (C=O) groups excluding carboxylic acids is 1. The first-order valence-corrected chi connectivity index (χ1v) is 9.93. The number of aromatic nitrogens is 4. The Bertz CT molecular complexity index is 1040. The number of carbonyl (C=O) groups is 1. The summed E-state index contributed by atoms with van der Waals surface area (Å²) in [6, 6.07) is 6.94. The molecule has 0 aliphatic carbocycles. The third-order valence-corrected chi connectivity index (χ3v) is 5.23. The number of nitrogens with zero attached hydrogens (tertiary/aromatic N) is 4. The van der Waals surface area contributed by atoms with Crippen molar-refractivity contribution in [2.75, 3.05) is 0 Å². The molecule has 1 amide bonds. The summed E-state index contributed by atoms with van der Waals surface area (Å²) >= 11 is 0. The van der Waals surface area contributed by atoms with Crippen molar-refractivity contribution < 1.29 is 4.79 Å². The number of rotatable bonds is 4. The second-order valence-electron chi connectivity index (χ2n) is 7.48. The summed E-state index contributed by atoms with van der Waals surface area (Å²) in [5.74, 6) is 0.664. The van der Waals surface area contributed by atoms with E-state index in [9.17, 15) is 9.59 Å². The molecule has 3 aromatic rings. The lowest BCUT2D eigenvalue weighted by atomic mass is 10.1. The highest BCUT2D eigenvalue weighted by Gasteiger charge is 2.16. The summed E-state index contributed by atoms with van der Waals surface area (Å²) in [4.78, 5) is 30.3. The van der Waals surface area contributed by atoms with Crippen molar-refractivity contribution in [3.8, 4) is 0 Å². The fourth-order valence-corrected chi connectivity index (χ4v) is 3.78. The number of hydrogen-bond donors (Lipinski definition) is 1. The van der Waals surface area contributed by atoms with Gasteiger partial charge in [-0.05, 0) is 44.0 Å². The van der Waals surface area contributed by atoms with E-state index in [0.29, 0.717) is 23.0 Å². The number of hydrogen-bond acceptors (Lipinski definition) is 4. The molecular weight excluding hydrogens is 354 g/mol. The molecule has 0 fully saturated rings. The molecule has 1 aromatic carbocycles. The molecule has 7 heteroatoms. The molecule has 1 aliphatic rings. The molecule has 0 saturated heterocycles. The molecule has 146 valence electrons. The molecule has 0 saturated carbocycles. The maximum Gasteiger partial charge on any atom is 0.261 e. The number of aryl methyl sites for hydroxylation is 1. The molecule has 1 atom stereocenters. The van der Waals surface area contributed by atoms with Gasteiger partial charge in [0.2, 0.25) is 0 Å². The molecule has 0 radical (unpaired) electrons. The van der Waals surface area contributed by atoms with Crippen LogP contribution in [0.2, 0.25) is 0 Å². The first-order valence-electron chi connectivity index (χ1n) is 9.93. The highest BCUT2D eigenvalue weighted by atomic mass is 16.1. The molecule has 1 aliphatic heterocycles. The Kier molecular flexibility index (Phi) is 5.23. The first-order chi connectivity index (χ1) is 13.6. The molecule has 7 nitrogen and oxygen atoms in total. The average Bonchev–Trinajstić information content (AvgIpc) is 3.15. The minimum absolute atomic E-state index is 0.000841. The summed E-state index contributed by atoms with van der Waals surface area (Å²) in [5, 5.41) is 7.72. The van der Waals surface area contributed by atoms with Gasteiger partial charge in [0.25, 0.3) is 11.5 Å². The fourth-order valence-electron chi connectivity index (χ4n) is 3.78. The van der Waals surface area contributed by atoms with Gasteiger partial charge in [-0.15, -0.1) is 0 Å². The lowest BCUT2D eigenvalue weighted by Gasteiger charge is -2.17. The quantitative estimate of drug-likeness (QED) is 0.755. The topological polar surface area (TPSA) is 81.8 Å². The zero-order valence-corrected chi connectivity index (χ0v) is 16.1. The third-order valence-electron chi connectivity index (χ3n) is 5.23. The predicted molar refractivity (Wildman–Crippen MR) is 107 cm³/mol. The summed E-state index contributed by atoms with van der Waals surface area (Å²) in [6.45, 7) is 3.26. The van der Waals surface area contributed by atoms with Crippen LogP contribution in [0.4, 0.5) is 0 Å². The van der Waals surface area contributed by atoms with Gasteiger partial charge in [-0.2, -0.15) is 5.10 Å². The lowest BCUT2D eigenvalue weighted by Crippen LogP contribution is -2.35. The normalized spacial score (nSPS) is 15.5. The summed E-state index contributed by atoms with van der Waals surface area (Å²) in [5.41, 5.74) is 1.12. The van der Waals surface area contributed by atoms with Crippen molar-refractivity contribution in [3.05, 3.63) is 58.4 Å². The summed E-state index contributed by atoms with van der Waals surface area (Å²) in [6.07, 6.45) is 8.77. The molecule has 4 rings (SSSR count).